The van der Waals surface area contributed by atoms with Gasteiger partial charge in [-0.1, -0.05) is 22.9 Å². The Morgan fingerprint density at radius 1 is 1.47 bits per heavy atom. The third-order valence-corrected chi connectivity index (χ3v) is 3.99. The highest BCUT2D eigenvalue weighted by atomic mass is 127. The molecule has 2 N–H and O–H groups in total. The Balaban J connectivity index is 2.11. The lowest BCUT2D eigenvalue weighted by Gasteiger charge is -2.05. The van der Waals surface area contributed by atoms with Crippen molar-refractivity contribution < 1.29 is 4.79 Å². The van der Waals surface area contributed by atoms with Gasteiger partial charge in [0.15, 0.2) is 0 Å². The van der Waals surface area contributed by atoms with Gasteiger partial charge in [-0.05, 0) is 47.7 Å². The SMILES string of the molecule is CCNc1nnc(C(=O)Nc2ccc(I)cc2Cl)s1. The zero-order valence-electron chi connectivity index (χ0n) is 9.91. The molecule has 0 bridgehead atoms. The summed E-state index contributed by atoms with van der Waals surface area (Å²) in [5, 5.41) is 14.8. The fourth-order valence-corrected chi connectivity index (χ4v) is 2.91. The number of nitrogens with one attached hydrogen (secondary N) is 2. The van der Waals surface area contributed by atoms with E-state index in [2.05, 4.69) is 43.4 Å². The first-order chi connectivity index (χ1) is 9.10. The average molecular weight is 409 g/mol. The maximum atomic E-state index is 12.0. The summed E-state index contributed by atoms with van der Waals surface area (Å²) in [6, 6.07) is 5.41. The molecule has 1 amide bonds. The normalized spacial score (nSPS) is 10.3. The van der Waals surface area contributed by atoms with Gasteiger partial charge in [-0.2, -0.15) is 0 Å². The van der Waals surface area contributed by atoms with Crippen molar-refractivity contribution in [2.75, 3.05) is 17.2 Å². The molecule has 0 aliphatic rings. The number of rotatable bonds is 4. The maximum Gasteiger partial charge on any atom is 0.286 e. The van der Waals surface area contributed by atoms with Crippen molar-refractivity contribution in [3.05, 3.63) is 31.8 Å². The number of benzene rings is 1. The molecule has 0 aliphatic heterocycles. The molecular formula is C11H10ClIN4OS. The highest BCUT2D eigenvalue weighted by Crippen LogP contribution is 2.25. The highest BCUT2D eigenvalue weighted by Gasteiger charge is 2.14. The monoisotopic (exact) mass is 408 g/mol. The molecule has 2 aromatic rings. The molecule has 0 saturated heterocycles. The molecule has 8 heteroatoms. The summed E-state index contributed by atoms with van der Waals surface area (Å²) in [6.45, 7) is 2.69. The minimum absolute atomic E-state index is 0.297. The van der Waals surface area contributed by atoms with E-state index >= 15 is 0 Å². The molecule has 0 fully saturated rings. The van der Waals surface area contributed by atoms with E-state index in [1.54, 1.807) is 12.1 Å². The van der Waals surface area contributed by atoms with Crippen LogP contribution in [-0.2, 0) is 0 Å². The van der Waals surface area contributed by atoms with Crippen molar-refractivity contribution in [2.45, 2.75) is 6.92 Å². The predicted molar refractivity (Wildman–Crippen MR) is 86.2 cm³/mol. The standard InChI is InChI=1S/C11H10ClIN4OS/c1-2-14-11-17-16-10(19-11)9(18)15-8-4-3-6(13)5-7(8)12/h3-5H,2H2,1H3,(H,14,17)(H,15,18). The molecule has 5 nitrogen and oxygen atoms in total. The Labute approximate surface area is 132 Å². The van der Waals surface area contributed by atoms with Gasteiger partial charge in [-0.15, -0.1) is 10.2 Å². The fourth-order valence-electron chi connectivity index (χ4n) is 1.30. The summed E-state index contributed by atoms with van der Waals surface area (Å²) >= 11 is 9.41. The number of hydrogen-bond acceptors (Lipinski definition) is 5. The summed E-state index contributed by atoms with van der Waals surface area (Å²) in [4.78, 5) is 12.0. The van der Waals surface area contributed by atoms with Crippen molar-refractivity contribution in [2.24, 2.45) is 0 Å². The van der Waals surface area contributed by atoms with Crippen LogP contribution in [0.25, 0.3) is 0 Å². The number of carbonyl (C=O) groups is 1. The molecular weight excluding hydrogens is 399 g/mol. The van der Waals surface area contributed by atoms with Crippen LogP contribution in [0.3, 0.4) is 0 Å². The first kappa shape index (κ1) is 14.5. The molecule has 0 unspecified atom stereocenters. The number of carbonyl (C=O) groups excluding carboxylic acids is 1. The molecule has 0 saturated carbocycles. The van der Waals surface area contributed by atoms with E-state index in [0.717, 1.165) is 10.1 Å². The van der Waals surface area contributed by atoms with Gasteiger partial charge in [0.2, 0.25) is 10.1 Å². The number of nitrogens with zero attached hydrogens (tertiary/aromatic N) is 2. The topological polar surface area (TPSA) is 66.9 Å². The van der Waals surface area contributed by atoms with Crippen LogP contribution in [-0.4, -0.2) is 22.6 Å². The van der Waals surface area contributed by atoms with Gasteiger partial charge in [0, 0.05) is 10.1 Å². The van der Waals surface area contributed by atoms with Gasteiger partial charge in [-0.3, -0.25) is 4.79 Å². The summed E-state index contributed by atoms with van der Waals surface area (Å²) in [5.41, 5.74) is 0.562. The molecule has 1 aromatic heterocycles. The minimum Gasteiger partial charge on any atom is -0.360 e. The molecule has 100 valence electrons. The Kier molecular flexibility index (Phi) is 4.94. The largest absolute Gasteiger partial charge is 0.360 e. The summed E-state index contributed by atoms with van der Waals surface area (Å²) in [5.74, 6) is -0.315. The first-order valence-corrected chi connectivity index (χ1v) is 7.71. The molecule has 19 heavy (non-hydrogen) atoms. The average Bonchev–Trinajstić information content (AvgIpc) is 2.82. The smallest absolute Gasteiger partial charge is 0.286 e. The zero-order chi connectivity index (χ0) is 13.8. The van der Waals surface area contributed by atoms with Crippen LogP contribution in [0.1, 0.15) is 16.7 Å². The molecule has 1 heterocycles. The van der Waals surface area contributed by atoms with E-state index in [1.807, 2.05) is 13.0 Å². The Morgan fingerprint density at radius 3 is 2.95 bits per heavy atom. The number of amides is 1. The van der Waals surface area contributed by atoms with Crippen molar-refractivity contribution in [1.29, 1.82) is 0 Å². The van der Waals surface area contributed by atoms with E-state index < -0.39 is 0 Å². The fraction of sp³-hybridized carbons (Fsp3) is 0.182. The molecule has 0 atom stereocenters. The third kappa shape index (κ3) is 3.77. The highest BCUT2D eigenvalue weighted by molar-refractivity contribution is 14.1. The van der Waals surface area contributed by atoms with Crippen LogP contribution < -0.4 is 10.6 Å². The number of aromatic nitrogens is 2. The van der Waals surface area contributed by atoms with Gasteiger partial charge < -0.3 is 10.6 Å². The molecule has 0 radical (unpaired) electrons. The summed E-state index contributed by atoms with van der Waals surface area (Å²) in [6.07, 6.45) is 0. The number of anilines is 2. The molecule has 1 aromatic carbocycles. The van der Waals surface area contributed by atoms with E-state index in [0.29, 0.717) is 20.8 Å². The van der Waals surface area contributed by atoms with Crippen LogP contribution >= 0.6 is 45.5 Å². The Morgan fingerprint density at radius 2 is 2.26 bits per heavy atom. The van der Waals surface area contributed by atoms with E-state index in [4.69, 9.17) is 11.6 Å². The lowest BCUT2D eigenvalue weighted by Crippen LogP contribution is -2.11. The molecule has 0 spiro atoms. The maximum absolute atomic E-state index is 12.0. The molecule has 2 rings (SSSR count). The second kappa shape index (κ2) is 6.49. The van der Waals surface area contributed by atoms with Crippen molar-refractivity contribution in [3.8, 4) is 0 Å². The molecule has 0 aliphatic carbocycles. The van der Waals surface area contributed by atoms with E-state index in [-0.39, 0.29) is 5.91 Å². The van der Waals surface area contributed by atoms with Gasteiger partial charge >= 0.3 is 0 Å². The van der Waals surface area contributed by atoms with Crippen molar-refractivity contribution in [1.82, 2.24) is 10.2 Å². The minimum atomic E-state index is -0.315. The van der Waals surface area contributed by atoms with Gasteiger partial charge in [0.05, 0.1) is 10.7 Å². The first-order valence-electron chi connectivity index (χ1n) is 5.44. The van der Waals surface area contributed by atoms with Crippen LogP contribution in [0, 0.1) is 3.57 Å². The van der Waals surface area contributed by atoms with Crippen LogP contribution in [0.2, 0.25) is 5.02 Å². The van der Waals surface area contributed by atoms with E-state index in [9.17, 15) is 4.79 Å². The van der Waals surface area contributed by atoms with Crippen LogP contribution in [0.5, 0.6) is 0 Å². The van der Waals surface area contributed by atoms with Gasteiger partial charge in [-0.25, -0.2) is 0 Å². The number of hydrogen-bond donors (Lipinski definition) is 2. The quantitative estimate of drug-likeness (QED) is 0.760. The second-order valence-corrected chi connectivity index (χ2v) is 6.15. The van der Waals surface area contributed by atoms with E-state index in [1.165, 1.54) is 11.3 Å². The van der Waals surface area contributed by atoms with Gasteiger partial charge in [0.1, 0.15) is 0 Å². The number of halogens is 2. The van der Waals surface area contributed by atoms with Crippen molar-refractivity contribution >= 4 is 62.3 Å². The summed E-state index contributed by atoms with van der Waals surface area (Å²) < 4.78 is 1.01. The van der Waals surface area contributed by atoms with Gasteiger partial charge in [0.25, 0.3) is 5.91 Å². The van der Waals surface area contributed by atoms with Crippen molar-refractivity contribution in [3.63, 3.8) is 0 Å². The lowest BCUT2D eigenvalue weighted by atomic mass is 10.3. The van der Waals surface area contributed by atoms with Crippen LogP contribution in [0.15, 0.2) is 18.2 Å². The lowest BCUT2D eigenvalue weighted by molar-refractivity contribution is 0.102. The third-order valence-electron chi connectivity index (χ3n) is 2.13. The Hall–Kier alpha value is -0.930. The Bertz CT molecular complexity index is 604. The van der Waals surface area contributed by atoms with Crippen LogP contribution in [0.4, 0.5) is 10.8 Å². The zero-order valence-corrected chi connectivity index (χ0v) is 13.6. The predicted octanol–water partition coefficient (Wildman–Crippen LogP) is 3.48. The summed E-state index contributed by atoms with van der Waals surface area (Å²) in [7, 11) is 0. The second-order valence-electron chi connectivity index (χ2n) is 3.52.